The molecule has 5 rings (SSSR count). The molecular formula is C25H20FN3O3. The third-order valence-electron chi connectivity index (χ3n) is 5.79. The van der Waals surface area contributed by atoms with Gasteiger partial charge in [-0.05, 0) is 49.7 Å². The third-order valence-corrected chi connectivity index (χ3v) is 5.79. The van der Waals surface area contributed by atoms with Gasteiger partial charge in [0.2, 0.25) is 5.58 Å². The molecule has 0 unspecified atom stereocenters. The van der Waals surface area contributed by atoms with E-state index in [1.807, 2.05) is 42.7 Å². The third kappa shape index (κ3) is 3.32. The molecule has 2 aromatic carbocycles. The Hall–Kier alpha value is -4.00. The van der Waals surface area contributed by atoms with Crippen LogP contribution >= 0.6 is 0 Å². The summed E-state index contributed by atoms with van der Waals surface area (Å²) in [4.78, 5) is 30.4. The highest BCUT2D eigenvalue weighted by atomic mass is 19.1. The Morgan fingerprint density at radius 1 is 1.09 bits per heavy atom. The number of carbonyl (C=O) groups excluding carboxylic acids is 1. The number of halogens is 1. The number of aromatic nitrogens is 3. The molecule has 7 heteroatoms. The van der Waals surface area contributed by atoms with Crippen LogP contribution in [0.1, 0.15) is 27.3 Å². The van der Waals surface area contributed by atoms with Gasteiger partial charge in [-0.2, -0.15) is 0 Å². The van der Waals surface area contributed by atoms with E-state index in [2.05, 4.69) is 4.98 Å². The molecule has 0 amide bonds. The Morgan fingerprint density at radius 2 is 1.84 bits per heavy atom. The first-order chi connectivity index (χ1) is 15.4. The van der Waals surface area contributed by atoms with Crippen molar-refractivity contribution in [3.63, 3.8) is 0 Å². The van der Waals surface area contributed by atoms with E-state index in [1.54, 1.807) is 18.2 Å². The number of aryl methyl sites for hydroxylation is 1. The smallest absolute Gasteiger partial charge is 0.297 e. The zero-order valence-electron chi connectivity index (χ0n) is 17.6. The molecule has 0 aliphatic carbocycles. The molecule has 32 heavy (non-hydrogen) atoms. The topological polar surface area (TPSA) is 70.0 Å². The molecule has 160 valence electrons. The lowest BCUT2D eigenvalue weighted by Gasteiger charge is -2.10. The van der Waals surface area contributed by atoms with Gasteiger partial charge in [-0.15, -0.1) is 0 Å². The maximum Gasteiger partial charge on any atom is 0.297 e. The predicted molar refractivity (Wildman–Crippen MR) is 120 cm³/mol. The molecule has 5 aromatic rings. The number of furan rings is 1. The quantitative estimate of drug-likeness (QED) is 0.382. The van der Waals surface area contributed by atoms with Crippen molar-refractivity contribution < 1.29 is 13.6 Å². The number of hydrogen-bond acceptors (Lipinski definition) is 4. The Balaban J connectivity index is 1.45. The van der Waals surface area contributed by atoms with Crippen LogP contribution in [0.5, 0.6) is 0 Å². The number of Topliss-reactive ketones (excluding diaryl/α,β-unsaturated/α-hetero) is 1. The van der Waals surface area contributed by atoms with Crippen LogP contribution < -0.4 is 5.56 Å². The number of carbonyl (C=O) groups is 1. The van der Waals surface area contributed by atoms with Crippen LogP contribution in [0.4, 0.5) is 4.39 Å². The Bertz CT molecular complexity index is 1540. The standard InChI is InChI=1S/C25H20FN3O3/c1-15-11-20(16(2)29(15)12-17-7-9-18(26)10-8-17)21(30)13-28-14-27-23-19-5-3-4-6-22(19)32-24(23)25(28)31/h3-11,14H,12-13H2,1-2H3. The SMILES string of the molecule is Cc1cc(C(=O)Cn2cnc3c(oc4ccccc43)c2=O)c(C)n1Cc1ccc(F)cc1. The van der Waals surface area contributed by atoms with Crippen molar-refractivity contribution in [1.82, 2.24) is 14.1 Å². The highest BCUT2D eigenvalue weighted by Gasteiger charge is 2.19. The van der Waals surface area contributed by atoms with Crippen molar-refractivity contribution in [2.45, 2.75) is 26.9 Å². The van der Waals surface area contributed by atoms with Crippen LogP contribution in [0.25, 0.3) is 22.1 Å². The maximum atomic E-state index is 13.2. The van der Waals surface area contributed by atoms with Gasteiger partial charge in [0.1, 0.15) is 16.9 Å². The van der Waals surface area contributed by atoms with Crippen molar-refractivity contribution in [2.24, 2.45) is 0 Å². The number of para-hydroxylation sites is 1. The van der Waals surface area contributed by atoms with Crippen LogP contribution in [0.15, 0.2) is 70.1 Å². The lowest BCUT2D eigenvalue weighted by atomic mass is 10.1. The minimum absolute atomic E-state index is 0.139. The Labute approximate surface area is 182 Å². The van der Waals surface area contributed by atoms with E-state index >= 15 is 0 Å². The summed E-state index contributed by atoms with van der Waals surface area (Å²) >= 11 is 0. The molecule has 0 fully saturated rings. The summed E-state index contributed by atoms with van der Waals surface area (Å²) in [5.41, 5.74) is 4.01. The zero-order chi connectivity index (χ0) is 22.4. The Morgan fingerprint density at radius 3 is 2.62 bits per heavy atom. The molecule has 6 nitrogen and oxygen atoms in total. The van der Waals surface area contributed by atoms with E-state index in [1.165, 1.54) is 23.0 Å². The lowest BCUT2D eigenvalue weighted by molar-refractivity contribution is 0.0970. The number of hydrogen-bond donors (Lipinski definition) is 0. The molecule has 0 N–H and O–H groups in total. The van der Waals surface area contributed by atoms with Crippen LogP contribution in [-0.4, -0.2) is 19.9 Å². The highest BCUT2D eigenvalue weighted by molar-refractivity contribution is 6.02. The summed E-state index contributed by atoms with van der Waals surface area (Å²) in [6, 6.07) is 15.4. The summed E-state index contributed by atoms with van der Waals surface area (Å²) < 4.78 is 22.2. The number of ketones is 1. The van der Waals surface area contributed by atoms with Gasteiger partial charge in [-0.3, -0.25) is 14.2 Å². The number of nitrogens with zero attached hydrogens (tertiary/aromatic N) is 3. The number of rotatable bonds is 5. The van der Waals surface area contributed by atoms with Crippen LogP contribution in [-0.2, 0) is 13.1 Å². The van der Waals surface area contributed by atoms with Gasteiger partial charge >= 0.3 is 0 Å². The van der Waals surface area contributed by atoms with Gasteiger partial charge < -0.3 is 8.98 Å². The second kappa shape index (κ2) is 7.60. The molecule has 0 atom stereocenters. The summed E-state index contributed by atoms with van der Waals surface area (Å²) in [5, 5.41) is 0.766. The zero-order valence-corrected chi connectivity index (χ0v) is 17.6. The van der Waals surface area contributed by atoms with Crippen LogP contribution in [0.3, 0.4) is 0 Å². The molecule has 3 heterocycles. The van der Waals surface area contributed by atoms with E-state index in [4.69, 9.17) is 4.42 Å². The molecule has 0 radical (unpaired) electrons. The summed E-state index contributed by atoms with van der Waals surface area (Å²) in [5.74, 6) is -0.478. The molecule has 0 saturated heterocycles. The monoisotopic (exact) mass is 429 g/mol. The fourth-order valence-corrected chi connectivity index (χ4v) is 4.07. The first-order valence-corrected chi connectivity index (χ1v) is 10.2. The van der Waals surface area contributed by atoms with Crippen molar-refractivity contribution in [3.05, 3.63) is 99.6 Å². The van der Waals surface area contributed by atoms with E-state index in [9.17, 15) is 14.0 Å². The van der Waals surface area contributed by atoms with Gasteiger partial charge in [0, 0.05) is 28.9 Å². The van der Waals surface area contributed by atoms with Crippen molar-refractivity contribution in [2.75, 3.05) is 0 Å². The maximum absolute atomic E-state index is 13.2. The van der Waals surface area contributed by atoms with Gasteiger partial charge in [0.15, 0.2) is 5.78 Å². The first kappa shape index (κ1) is 19.9. The van der Waals surface area contributed by atoms with Gasteiger partial charge in [0.05, 0.1) is 12.9 Å². The molecule has 0 aliphatic heterocycles. The second-order valence-corrected chi connectivity index (χ2v) is 7.87. The molecule has 0 spiro atoms. The van der Waals surface area contributed by atoms with Gasteiger partial charge in [0.25, 0.3) is 5.56 Å². The molecule has 3 aromatic heterocycles. The van der Waals surface area contributed by atoms with E-state index in [-0.39, 0.29) is 29.3 Å². The van der Waals surface area contributed by atoms with E-state index in [0.717, 1.165) is 22.3 Å². The molecule has 0 saturated carbocycles. The molecular weight excluding hydrogens is 409 g/mol. The first-order valence-electron chi connectivity index (χ1n) is 10.2. The highest BCUT2D eigenvalue weighted by Crippen LogP contribution is 2.24. The van der Waals surface area contributed by atoms with Crippen LogP contribution in [0, 0.1) is 19.7 Å². The predicted octanol–water partition coefficient (Wildman–Crippen LogP) is 4.63. The largest absolute Gasteiger partial charge is 0.448 e. The lowest BCUT2D eigenvalue weighted by Crippen LogP contribution is -2.24. The van der Waals surface area contributed by atoms with Gasteiger partial charge in [-0.1, -0.05) is 24.3 Å². The summed E-state index contributed by atoms with van der Waals surface area (Å²) in [6.07, 6.45) is 1.39. The summed E-state index contributed by atoms with van der Waals surface area (Å²) in [6.45, 7) is 4.17. The Kier molecular flexibility index (Phi) is 4.74. The minimum Gasteiger partial charge on any atom is -0.448 e. The molecule has 0 bridgehead atoms. The average Bonchev–Trinajstić information content (AvgIpc) is 3.30. The van der Waals surface area contributed by atoms with Gasteiger partial charge in [-0.25, -0.2) is 9.37 Å². The minimum atomic E-state index is -0.389. The fourth-order valence-electron chi connectivity index (χ4n) is 4.07. The normalized spacial score (nSPS) is 11.5. The summed E-state index contributed by atoms with van der Waals surface area (Å²) in [7, 11) is 0. The second-order valence-electron chi connectivity index (χ2n) is 7.87. The fraction of sp³-hybridized carbons (Fsp3) is 0.160. The molecule has 0 aliphatic rings. The van der Waals surface area contributed by atoms with E-state index < -0.39 is 0 Å². The van der Waals surface area contributed by atoms with E-state index in [0.29, 0.717) is 23.2 Å². The van der Waals surface area contributed by atoms with Crippen molar-refractivity contribution in [1.29, 1.82) is 0 Å². The average molecular weight is 429 g/mol. The number of benzene rings is 2. The van der Waals surface area contributed by atoms with Crippen molar-refractivity contribution in [3.8, 4) is 0 Å². The van der Waals surface area contributed by atoms with Crippen molar-refractivity contribution >= 4 is 27.9 Å². The number of fused-ring (bicyclic) bond motifs is 3. The van der Waals surface area contributed by atoms with Crippen LogP contribution in [0.2, 0.25) is 0 Å².